The van der Waals surface area contributed by atoms with E-state index in [0.717, 1.165) is 45.5 Å². The number of nitrogens with one attached hydrogen (secondary N) is 1. The fraction of sp³-hybridized carbons (Fsp3) is 0.944. The van der Waals surface area contributed by atoms with Crippen molar-refractivity contribution in [3.8, 4) is 0 Å². The first-order valence-electron chi connectivity index (χ1n) is 9.40. The van der Waals surface area contributed by atoms with Crippen LogP contribution in [0.4, 0.5) is 4.79 Å². The Labute approximate surface area is 140 Å². The molecule has 2 amide bonds. The van der Waals surface area contributed by atoms with Gasteiger partial charge in [0.1, 0.15) is 0 Å². The van der Waals surface area contributed by atoms with Gasteiger partial charge in [-0.25, -0.2) is 4.79 Å². The number of hydrogen-bond donors (Lipinski definition) is 1. The van der Waals surface area contributed by atoms with E-state index in [1.165, 1.54) is 32.1 Å². The molecule has 23 heavy (non-hydrogen) atoms. The average molecular weight is 323 g/mol. The molecule has 0 bridgehead atoms. The predicted molar refractivity (Wildman–Crippen MR) is 91.6 cm³/mol. The van der Waals surface area contributed by atoms with Gasteiger partial charge >= 0.3 is 6.03 Å². The van der Waals surface area contributed by atoms with Gasteiger partial charge in [-0.3, -0.25) is 0 Å². The van der Waals surface area contributed by atoms with Crippen molar-refractivity contribution in [2.45, 2.75) is 63.0 Å². The first kappa shape index (κ1) is 17.0. The van der Waals surface area contributed by atoms with E-state index in [0.29, 0.717) is 12.0 Å². The lowest BCUT2D eigenvalue weighted by Gasteiger charge is -2.43. The molecule has 5 nitrogen and oxygen atoms in total. The highest BCUT2D eigenvalue weighted by molar-refractivity contribution is 5.74. The molecule has 0 aromatic heterocycles. The highest BCUT2D eigenvalue weighted by Crippen LogP contribution is 2.38. The third-order valence-corrected chi connectivity index (χ3v) is 5.78. The van der Waals surface area contributed by atoms with Crippen LogP contribution in [0.15, 0.2) is 0 Å². The Morgan fingerprint density at radius 2 is 2.04 bits per heavy atom. The number of likely N-dealkylation sites (tertiary alicyclic amines) is 1. The van der Waals surface area contributed by atoms with Gasteiger partial charge in [0, 0.05) is 32.3 Å². The quantitative estimate of drug-likeness (QED) is 0.868. The number of rotatable bonds is 3. The van der Waals surface area contributed by atoms with Crippen molar-refractivity contribution < 1.29 is 9.53 Å². The number of carbonyl (C=O) groups is 1. The molecule has 1 aliphatic carbocycles. The summed E-state index contributed by atoms with van der Waals surface area (Å²) in [5.74, 6) is 0.620. The average Bonchev–Trinajstić information content (AvgIpc) is 2.96. The second-order valence-electron chi connectivity index (χ2n) is 8.09. The molecule has 132 valence electrons. The maximum Gasteiger partial charge on any atom is 0.317 e. The summed E-state index contributed by atoms with van der Waals surface area (Å²) in [7, 11) is 4.21. The summed E-state index contributed by atoms with van der Waals surface area (Å²) >= 11 is 0. The molecule has 2 aliphatic heterocycles. The van der Waals surface area contributed by atoms with Crippen LogP contribution in [0.2, 0.25) is 0 Å². The van der Waals surface area contributed by atoms with Crippen molar-refractivity contribution in [1.82, 2.24) is 15.1 Å². The van der Waals surface area contributed by atoms with Crippen molar-refractivity contribution in [2.24, 2.45) is 5.92 Å². The number of nitrogens with zero attached hydrogens (tertiary/aromatic N) is 2. The molecule has 0 unspecified atom stereocenters. The molecule has 5 heteroatoms. The summed E-state index contributed by atoms with van der Waals surface area (Å²) in [4.78, 5) is 16.8. The minimum atomic E-state index is 0.0624. The third-order valence-electron chi connectivity index (χ3n) is 5.78. The minimum Gasteiger partial charge on any atom is -0.375 e. The third kappa shape index (κ3) is 4.38. The topological polar surface area (TPSA) is 44.8 Å². The molecule has 3 aliphatic rings. The van der Waals surface area contributed by atoms with Crippen molar-refractivity contribution in [3.63, 3.8) is 0 Å². The van der Waals surface area contributed by atoms with Gasteiger partial charge in [0.25, 0.3) is 0 Å². The van der Waals surface area contributed by atoms with Crippen LogP contribution in [-0.2, 0) is 4.74 Å². The first-order chi connectivity index (χ1) is 11.1. The number of amides is 2. The van der Waals surface area contributed by atoms with E-state index < -0.39 is 0 Å². The summed E-state index contributed by atoms with van der Waals surface area (Å²) < 4.78 is 6.13. The zero-order valence-electron chi connectivity index (χ0n) is 14.9. The minimum absolute atomic E-state index is 0.0624. The molecule has 3 fully saturated rings. The van der Waals surface area contributed by atoms with Gasteiger partial charge in [-0.15, -0.1) is 0 Å². The molecule has 0 radical (unpaired) electrons. The second kappa shape index (κ2) is 7.39. The molecule has 1 saturated carbocycles. The maximum absolute atomic E-state index is 12.6. The molecule has 3 rings (SSSR count). The zero-order chi connectivity index (χ0) is 16.3. The SMILES string of the molecule is CN(C)C[C@H]1CCN(C(=O)N[C@@H]2CCOC3(CCCCC3)C2)C1. The molecular formula is C18H33N3O2. The van der Waals surface area contributed by atoms with Crippen molar-refractivity contribution >= 4 is 6.03 Å². The van der Waals surface area contributed by atoms with Gasteiger partial charge in [0.05, 0.1) is 5.60 Å². The summed E-state index contributed by atoms with van der Waals surface area (Å²) in [6.45, 7) is 3.68. The number of urea groups is 1. The Balaban J connectivity index is 1.48. The van der Waals surface area contributed by atoms with E-state index in [1.807, 2.05) is 4.90 Å². The Bertz CT molecular complexity index is 402. The van der Waals surface area contributed by atoms with E-state index in [1.54, 1.807) is 0 Å². The monoisotopic (exact) mass is 323 g/mol. The largest absolute Gasteiger partial charge is 0.375 e. The van der Waals surface area contributed by atoms with Crippen LogP contribution in [-0.4, -0.2) is 67.8 Å². The fourth-order valence-corrected chi connectivity index (χ4v) is 4.64. The summed E-state index contributed by atoms with van der Waals surface area (Å²) in [6.07, 6.45) is 9.34. The van der Waals surface area contributed by atoms with Crippen LogP contribution in [0.3, 0.4) is 0 Å². The van der Waals surface area contributed by atoms with Crippen LogP contribution in [0.1, 0.15) is 51.4 Å². The summed E-state index contributed by atoms with van der Waals surface area (Å²) in [5, 5.41) is 3.30. The number of ether oxygens (including phenoxy) is 1. The van der Waals surface area contributed by atoms with E-state index >= 15 is 0 Å². The van der Waals surface area contributed by atoms with Gasteiger partial charge < -0.3 is 19.9 Å². The standard InChI is InChI=1S/C18H33N3O2/c1-20(2)13-15-6-10-21(14-15)17(22)19-16-7-11-23-18(12-16)8-4-3-5-9-18/h15-16H,3-14H2,1-2H3,(H,19,22)/t15-,16-/m1/s1. The second-order valence-corrected chi connectivity index (χ2v) is 8.09. The van der Waals surface area contributed by atoms with E-state index in [4.69, 9.17) is 4.74 Å². The van der Waals surface area contributed by atoms with Gasteiger partial charge in [0.2, 0.25) is 0 Å². The summed E-state index contributed by atoms with van der Waals surface area (Å²) in [5.41, 5.74) is 0.0624. The molecule has 2 atom stereocenters. The van der Waals surface area contributed by atoms with E-state index in [-0.39, 0.29) is 11.6 Å². The normalized spacial score (nSPS) is 30.8. The van der Waals surface area contributed by atoms with E-state index in [9.17, 15) is 4.79 Å². The smallest absolute Gasteiger partial charge is 0.317 e. The van der Waals surface area contributed by atoms with Crippen molar-refractivity contribution in [3.05, 3.63) is 0 Å². The highest BCUT2D eigenvalue weighted by Gasteiger charge is 2.39. The summed E-state index contributed by atoms with van der Waals surface area (Å²) in [6, 6.07) is 0.436. The van der Waals surface area contributed by atoms with Crippen LogP contribution in [0, 0.1) is 5.92 Å². The molecule has 0 aromatic rings. The van der Waals surface area contributed by atoms with Gasteiger partial charge in [-0.2, -0.15) is 0 Å². The van der Waals surface area contributed by atoms with Crippen LogP contribution < -0.4 is 5.32 Å². The van der Waals surface area contributed by atoms with Gasteiger partial charge in [-0.05, 0) is 52.1 Å². The van der Waals surface area contributed by atoms with Crippen LogP contribution in [0.25, 0.3) is 0 Å². The molecule has 0 aromatic carbocycles. The van der Waals surface area contributed by atoms with Gasteiger partial charge in [0.15, 0.2) is 0 Å². The molecule has 1 spiro atoms. The Morgan fingerprint density at radius 1 is 1.26 bits per heavy atom. The molecule has 1 N–H and O–H groups in total. The number of carbonyl (C=O) groups excluding carboxylic acids is 1. The van der Waals surface area contributed by atoms with Gasteiger partial charge in [-0.1, -0.05) is 19.3 Å². The van der Waals surface area contributed by atoms with Crippen LogP contribution in [0.5, 0.6) is 0 Å². The Hall–Kier alpha value is -0.810. The maximum atomic E-state index is 12.6. The molecule has 2 saturated heterocycles. The molecular weight excluding hydrogens is 290 g/mol. The Kier molecular flexibility index (Phi) is 5.47. The van der Waals surface area contributed by atoms with Crippen molar-refractivity contribution in [2.75, 3.05) is 40.3 Å². The lowest BCUT2D eigenvalue weighted by molar-refractivity contribution is -0.108. The lowest BCUT2D eigenvalue weighted by atomic mass is 9.78. The molecule has 2 heterocycles. The van der Waals surface area contributed by atoms with E-state index in [2.05, 4.69) is 24.3 Å². The van der Waals surface area contributed by atoms with Crippen LogP contribution >= 0.6 is 0 Å². The lowest BCUT2D eigenvalue weighted by Crippen LogP contribution is -2.52. The zero-order valence-corrected chi connectivity index (χ0v) is 14.9. The van der Waals surface area contributed by atoms with Crippen molar-refractivity contribution in [1.29, 1.82) is 0 Å². The Morgan fingerprint density at radius 3 is 2.78 bits per heavy atom. The first-order valence-corrected chi connectivity index (χ1v) is 9.40. The predicted octanol–water partition coefficient (Wildman–Crippen LogP) is 2.46. The number of hydrogen-bond acceptors (Lipinski definition) is 3. The fourth-order valence-electron chi connectivity index (χ4n) is 4.64. The highest BCUT2D eigenvalue weighted by atomic mass is 16.5.